The molecule has 1 aliphatic rings. The summed E-state index contributed by atoms with van der Waals surface area (Å²) in [4.78, 5) is 2.16. The smallest absolute Gasteiger partial charge is 0.129 e. The van der Waals surface area contributed by atoms with Crippen molar-refractivity contribution in [3.63, 3.8) is 0 Å². The van der Waals surface area contributed by atoms with Crippen molar-refractivity contribution in [2.75, 3.05) is 26.3 Å². The van der Waals surface area contributed by atoms with Gasteiger partial charge in [0.05, 0.1) is 19.3 Å². The molecule has 0 radical (unpaired) electrons. The molecule has 0 aromatic heterocycles. The molecule has 1 unspecified atom stereocenters. The summed E-state index contributed by atoms with van der Waals surface area (Å²) in [6.07, 6.45) is -0.856. The summed E-state index contributed by atoms with van der Waals surface area (Å²) in [5.41, 5.74) is 0.808. The number of hydrogen-bond donors (Lipinski definition) is 1. The van der Waals surface area contributed by atoms with E-state index in [0.717, 1.165) is 18.7 Å². The highest BCUT2D eigenvalue weighted by molar-refractivity contribution is 5.28. The van der Waals surface area contributed by atoms with E-state index in [1.54, 1.807) is 12.1 Å². The molecule has 0 saturated carbocycles. The third-order valence-electron chi connectivity index (χ3n) is 3.94. The van der Waals surface area contributed by atoms with Gasteiger partial charge in [0, 0.05) is 24.2 Å². The van der Waals surface area contributed by atoms with Gasteiger partial charge >= 0.3 is 0 Å². The van der Waals surface area contributed by atoms with Gasteiger partial charge in [0.2, 0.25) is 0 Å². The molecule has 0 spiro atoms. The van der Waals surface area contributed by atoms with Crippen molar-refractivity contribution in [3.05, 3.63) is 35.1 Å². The molecule has 1 heterocycles. The summed E-state index contributed by atoms with van der Waals surface area (Å²) >= 11 is 0. The second-order valence-electron chi connectivity index (χ2n) is 5.68. The lowest BCUT2D eigenvalue weighted by Gasteiger charge is -2.43. The summed E-state index contributed by atoms with van der Waals surface area (Å²) in [7, 11) is 0. The fraction of sp³-hybridized carbons (Fsp3) is 0.600. The number of aliphatic hydroxyl groups is 1. The van der Waals surface area contributed by atoms with Gasteiger partial charge in [0.25, 0.3) is 0 Å². The lowest BCUT2D eigenvalue weighted by molar-refractivity contribution is -0.0639. The molecular weight excluding hydrogens is 245 g/mol. The number of morpholine rings is 1. The van der Waals surface area contributed by atoms with E-state index in [1.807, 2.05) is 20.8 Å². The summed E-state index contributed by atoms with van der Waals surface area (Å²) in [5, 5.41) is 10.6. The number of halogens is 1. The molecule has 106 valence electrons. The minimum absolute atomic E-state index is 0.348. The summed E-state index contributed by atoms with van der Waals surface area (Å²) in [5.74, 6) is -0.348. The zero-order valence-corrected chi connectivity index (χ0v) is 11.8. The molecule has 4 heteroatoms. The number of ether oxygens (including phenoxy) is 1. The molecule has 1 saturated heterocycles. The molecule has 0 aliphatic carbocycles. The van der Waals surface area contributed by atoms with E-state index in [2.05, 4.69) is 4.90 Å². The van der Waals surface area contributed by atoms with Gasteiger partial charge in [0.15, 0.2) is 0 Å². The number of nitrogens with zero attached hydrogens (tertiary/aromatic N) is 1. The van der Waals surface area contributed by atoms with Gasteiger partial charge in [-0.1, -0.05) is 17.7 Å². The highest BCUT2D eigenvalue weighted by Crippen LogP contribution is 2.33. The number of aryl methyl sites for hydroxylation is 1. The molecule has 1 fully saturated rings. The maximum atomic E-state index is 13.9. The molecular formula is C15H22FNO2. The normalized spacial score (nSPS) is 19.4. The van der Waals surface area contributed by atoms with E-state index < -0.39 is 11.6 Å². The van der Waals surface area contributed by atoms with Gasteiger partial charge in [0.1, 0.15) is 5.82 Å². The molecule has 0 bridgehead atoms. The van der Waals surface area contributed by atoms with Crippen LogP contribution in [-0.4, -0.2) is 41.8 Å². The van der Waals surface area contributed by atoms with Crippen LogP contribution >= 0.6 is 0 Å². The van der Waals surface area contributed by atoms with Crippen LogP contribution in [0.4, 0.5) is 4.39 Å². The van der Waals surface area contributed by atoms with E-state index in [0.29, 0.717) is 18.8 Å². The van der Waals surface area contributed by atoms with Crippen LogP contribution in [-0.2, 0) is 4.74 Å². The Labute approximate surface area is 114 Å². The quantitative estimate of drug-likeness (QED) is 0.912. The maximum absolute atomic E-state index is 13.9. The molecule has 2 rings (SSSR count). The average molecular weight is 267 g/mol. The van der Waals surface area contributed by atoms with Crippen LogP contribution in [0.15, 0.2) is 18.2 Å². The fourth-order valence-corrected chi connectivity index (χ4v) is 2.57. The first kappa shape index (κ1) is 14.4. The Kier molecular flexibility index (Phi) is 4.23. The van der Waals surface area contributed by atoms with Crippen LogP contribution in [0.5, 0.6) is 0 Å². The number of aliphatic hydroxyl groups excluding tert-OH is 1. The Morgan fingerprint density at radius 3 is 2.58 bits per heavy atom. The Bertz CT molecular complexity index is 442. The second kappa shape index (κ2) is 5.57. The van der Waals surface area contributed by atoms with Crippen molar-refractivity contribution < 1.29 is 14.2 Å². The van der Waals surface area contributed by atoms with Gasteiger partial charge in [-0.2, -0.15) is 0 Å². The maximum Gasteiger partial charge on any atom is 0.129 e. The fourth-order valence-electron chi connectivity index (χ4n) is 2.57. The second-order valence-corrected chi connectivity index (χ2v) is 5.68. The lowest BCUT2D eigenvalue weighted by atomic mass is 9.88. The Morgan fingerprint density at radius 2 is 1.95 bits per heavy atom. The SMILES string of the molecule is Cc1ccc(F)c(C(O)C(C)(C)N2CCOCC2)c1. The van der Waals surface area contributed by atoms with Gasteiger partial charge in [-0.15, -0.1) is 0 Å². The third kappa shape index (κ3) is 2.96. The van der Waals surface area contributed by atoms with Crippen LogP contribution in [0.1, 0.15) is 31.1 Å². The molecule has 1 aliphatic heterocycles. The van der Waals surface area contributed by atoms with Crippen LogP contribution in [0.25, 0.3) is 0 Å². The van der Waals surface area contributed by atoms with Crippen LogP contribution in [0.3, 0.4) is 0 Å². The summed E-state index contributed by atoms with van der Waals surface area (Å²) in [6.45, 7) is 8.64. The van der Waals surface area contributed by atoms with Crippen LogP contribution in [0.2, 0.25) is 0 Å². The van der Waals surface area contributed by atoms with Crippen molar-refractivity contribution >= 4 is 0 Å². The first-order valence-corrected chi connectivity index (χ1v) is 6.70. The van der Waals surface area contributed by atoms with E-state index in [4.69, 9.17) is 4.74 Å². The first-order chi connectivity index (χ1) is 8.93. The Balaban J connectivity index is 2.25. The van der Waals surface area contributed by atoms with E-state index in [9.17, 15) is 9.50 Å². The minimum atomic E-state index is -0.856. The van der Waals surface area contributed by atoms with Crippen molar-refractivity contribution in [1.29, 1.82) is 0 Å². The van der Waals surface area contributed by atoms with Gasteiger partial charge in [-0.3, -0.25) is 4.90 Å². The first-order valence-electron chi connectivity index (χ1n) is 6.70. The van der Waals surface area contributed by atoms with Crippen molar-refractivity contribution in [2.24, 2.45) is 0 Å². The summed E-state index contributed by atoms with van der Waals surface area (Å²) < 4.78 is 19.2. The van der Waals surface area contributed by atoms with Crippen molar-refractivity contribution in [1.82, 2.24) is 4.90 Å². The van der Waals surface area contributed by atoms with Crippen molar-refractivity contribution in [2.45, 2.75) is 32.4 Å². The van der Waals surface area contributed by atoms with Crippen LogP contribution in [0, 0.1) is 12.7 Å². The van der Waals surface area contributed by atoms with Crippen LogP contribution < -0.4 is 0 Å². The van der Waals surface area contributed by atoms with Gasteiger partial charge in [-0.25, -0.2) is 4.39 Å². The van der Waals surface area contributed by atoms with E-state index in [-0.39, 0.29) is 5.82 Å². The highest BCUT2D eigenvalue weighted by Gasteiger charge is 2.37. The zero-order chi connectivity index (χ0) is 14.0. The molecule has 1 N–H and O–H groups in total. The molecule has 1 atom stereocenters. The Hall–Kier alpha value is -0.970. The minimum Gasteiger partial charge on any atom is -0.386 e. The largest absolute Gasteiger partial charge is 0.386 e. The highest BCUT2D eigenvalue weighted by atomic mass is 19.1. The monoisotopic (exact) mass is 267 g/mol. The predicted octanol–water partition coefficient (Wildman–Crippen LogP) is 2.28. The molecule has 1 aromatic rings. The van der Waals surface area contributed by atoms with Crippen molar-refractivity contribution in [3.8, 4) is 0 Å². The lowest BCUT2D eigenvalue weighted by Crippen LogP contribution is -2.53. The predicted molar refractivity (Wildman–Crippen MR) is 72.6 cm³/mol. The number of benzene rings is 1. The molecule has 19 heavy (non-hydrogen) atoms. The molecule has 1 aromatic carbocycles. The average Bonchev–Trinajstić information content (AvgIpc) is 2.41. The Morgan fingerprint density at radius 1 is 1.32 bits per heavy atom. The van der Waals surface area contributed by atoms with Gasteiger partial charge in [-0.05, 0) is 26.8 Å². The standard InChI is InChI=1S/C15H22FNO2/c1-11-4-5-13(16)12(10-11)14(18)15(2,3)17-6-8-19-9-7-17/h4-5,10,14,18H,6-9H2,1-3H3. The zero-order valence-electron chi connectivity index (χ0n) is 11.8. The molecule has 0 amide bonds. The number of hydrogen-bond acceptors (Lipinski definition) is 3. The topological polar surface area (TPSA) is 32.7 Å². The van der Waals surface area contributed by atoms with E-state index in [1.165, 1.54) is 6.07 Å². The van der Waals surface area contributed by atoms with Gasteiger partial charge < -0.3 is 9.84 Å². The van der Waals surface area contributed by atoms with E-state index >= 15 is 0 Å². The third-order valence-corrected chi connectivity index (χ3v) is 3.94. The molecule has 3 nitrogen and oxygen atoms in total. The number of rotatable bonds is 3. The summed E-state index contributed by atoms with van der Waals surface area (Å²) in [6, 6.07) is 4.86.